The van der Waals surface area contributed by atoms with E-state index in [0.717, 1.165) is 12.8 Å². The predicted molar refractivity (Wildman–Crippen MR) is 199 cm³/mol. The fourth-order valence-corrected chi connectivity index (χ4v) is 5.16. The van der Waals surface area contributed by atoms with Gasteiger partial charge in [0.15, 0.2) is 0 Å². The number of rotatable bonds is 32. The Bertz CT molecular complexity index is 654. The molecule has 2 N–H and O–H groups in total. The van der Waals surface area contributed by atoms with Crippen LogP contribution in [-0.4, -0.2) is 42.6 Å². The maximum atomic E-state index is 11.7. The summed E-state index contributed by atoms with van der Waals surface area (Å²) in [6.45, 7) is 7.01. The highest BCUT2D eigenvalue weighted by Gasteiger charge is 2.07. The maximum absolute atomic E-state index is 11.7. The van der Waals surface area contributed by atoms with Crippen LogP contribution in [0, 0.1) is 0 Å². The Morgan fingerprint density at radius 1 is 0.489 bits per heavy atom. The average Bonchev–Trinajstić information content (AvgIpc) is 3.07. The molecule has 280 valence electrons. The standard InChI is InChI=1S/C25H47NO5S.C12H26.CH2O2/c1-2-3-4-5-6-7-8-9-10-11-12-13-14-15-16-18-24(28)30-21-17-22-31-25(29)20-19-23(27)26-32;1-3-5-7-9-11-12-10-8-6-4-2;2-1-3/h32H,2-22H2,1H3,(H,26,27);3-12H2,1-2H3;1H,(H,2,3). The van der Waals surface area contributed by atoms with Crippen LogP contribution in [0.15, 0.2) is 0 Å². The highest BCUT2D eigenvalue weighted by atomic mass is 32.1. The molecule has 8 nitrogen and oxygen atoms in total. The van der Waals surface area contributed by atoms with E-state index in [0.29, 0.717) is 12.8 Å². The SMILES string of the molecule is CCCCCCCCCCCC.CCCCCCCCCCCCCCCCCC(=O)OCCCOC(=O)CCC(=O)NS.O=CO. The van der Waals surface area contributed by atoms with E-state index >= 15 is 0 Å². The van der Waals surface area contributed by atoms with Crippen molar-refractivity contribution in [3.05, 3.63) is 0 Å². The van der Waals surface area contributed by atoms with Gasteiger partial charge in [-0.2, -0.15) is 0 Å². The highest BCUT2D eigenvalue weighted by molar-refractivity contribution is 7.78. The topological polar surface area (TPSA) is 119 Å². The lowest BCUT2D eigenvalue weighted by molar-refractivity contribution is -0.147. The van der Waals surface area contributed by atoms with E-state index in [-0.39, 0.29) is 44.4 Å². The summed E-state index contributed by atoms with van der Waals surface area (Å²) in [5, 5.41) is 6.89. The first kappa shape index (κ1) is 49.6. The molecule has 0 fully saturated rings. The minimum atomic E-state index is -0.439. The molecule has 0 saturated carbocycles. The van der Waals surface area contributed by atoms with E-state index in [4.69, 9.17) is 19.4 Å². The van der Waals surface area contributed by atoms with Gasteiger partial charge < -0.3 is 19.3 Å². The number of carbonyl (C=O) groups excluding carboxylic acids is 3. The molecule has 9 heteroatoms. The molecule has 0 atom stereocenters. The van der Waals surface area contributed by atoms with E-state index in [1.807, 2.05) is 0 Å². The number of unbranched alkanes of at least 4 members (excludes halogenated alkanes) is 23. The number of thiol groups is 1. The van der Waals surface area contributed by atoms with Gasteiger partial charge in [-0.15, -0.1) is 0 Å². The summed E-state index contributed by atoms with van der Waals surface area (Å²) in [5.41, 5.74) is 0. The van der Waals surface area contributed by atoms with Crippen LogP contribution in [0.2, 0.25) is 0 Å². The third-order valence-electron chi connectivity index (χ3n) is 7.94. The number of hydrogen-bond acceptors (Lipinski definition) is 7. The van der Waals surface area contributed by atoms with Gasteiger partial charge in [0.25, 0.3) is 6.47 Å². The van der Waals surface area contributed by atoms with Crippen molar-refractivity contribution in [2.75, 3.05) is 13.2 Å². The van der Waals surface area contributed by atoms with Crippen molar-refractivity contribution in [1.82, 2.24) is 4.72 Å². The molecule has 0 aromatic heterocycles. The first-order valence-electron chi connectivity index (χ1n) is 19.2. The maximum Gasteiger partial charge on any atom is 0.306 e. The van der Waals surface area contributed by atoms with Gasteiger partial charge >= 0.3 is 11.9 Å². The Labute approximate surface area is 295 Å². The van der Waals surface area contributed by atoms with Crippen LogP contribution >= 0.6 is 12.8 Å². The van der Waals surface area contributed by atoms with Crippen molar-refractivity contribution in [1.29, 1.82) is 0 Å². The monoisotopic (exact) mass is 690 g/mol. The second kappa shape index (κ2) is 46.3. The molecule has 0 rings (SSSR count). The van der Waals surface area contributed by atoms with Gasteiger partial charge in [0.2, 0.25) is 5.91 Å². The van der Waals surface area contributed by atoms with Gasteiger partial charge in [-0.25, -0.2) is 0 Å². The Balaban J connectivity index is -0.00000107. The van der Waals surface area contributed by atoms with Crippen LogP contribution in [0.1, 0.15) is 207 Å². The Kier molecular flexibility index (Phi) is 48.9. The smallest absolute Gasteiger partial charge is 0.306 e. The van der Waals surface area contributed by atoms with Crippen LogP contribution in [-0.2, 0) is 28.7 Å². The van der Waals surface area contributed by atoms with Crippen molar-refractivity contribution < 1.29 is 33.8 Å². The first-order valence-corrected chi connectivity index (χ1v) is 19.7. The lowest BCUT2D eigenvalue weighted by atomic mass is 10.0. The largest absolute Gasteiger partial charge is 0.483 e. The zero-order valence-electron chi connectivity index (χ0n) is 30.8. The van der Waals surface area contributed by atoms with Crippen LogP contribution in [0.5, 0.6) is 0 Å². The zero-order valence-corrected chi connectivity index (χ0v) is 31.7. The van der Waals surface area contributed by atoms with E-state index in [2.05, 4.69) is 38.3 Å². The predicted octanol–water partition coefficient (Wildman–Crippen LogP) is 11.1. The average molecular weight is 690 g/mol. The molecule has 0 aliphatic heterocycles. The molecule has 0 unspecified atom stereocenters. The number of nitrogens with one attached hydrogen (secondary N) is 1. The normalized spacial score (nSPS) is 10.2. The van der Waals surface area contributed by atoms with E-state index in [1.165, 1.54) is 148 Å². The summed E-state index contributed by atoms with van der Waals surface area (Å²) >= 11 is 3.61. The second-order valence-corrected chi connectivity index (χ2v) is 12.7. The van der Waals surface area contributed by atoms with Gasteiger partial charge in [-0.05, 0) is 6.42 Å². The molecule has 0 aliphatic carbocycles. The summed E-state index contributed by atoms with van der Waals surface area (Å²) in [5.74, 6) is -0.944. The molecule has 47 heavy (non-hydrogen) atoms. The summed E-state index contributed by atoms with van der Waals surface area (Å²) in [7, 11) is 0. The number of carbonyl (C=O) groups is 4. The van der Waals surface area contributed by atoms with Gasteiger partial charge in [-0.1, -0.05) is 188 Å². The third kappa shape index (κ3) is 51.3. The van der Waals surface area contributed by atoms with Crippen LogP contribution in [0.4, 0.5) is 0 Å². The molecule has 0 spiro atoms. The fraction of sp³-hybridized carbons (Fsp3) is 0.895. The van der Waals surface area contributed by atoms with Crippen molar-refractivity contribution >= 4 is 37.1 Å². The van der Waals surface area contributed by atoms with E-state index < -0.39 is 5.97 Å². The quantitative estimate of drug-likeness (QED) is 0.0278. The summed E-state index contributed by atoms with van der Waals surface area (Å²) in [6, 6.07) is 0. The number of esters is 2. The lowest BCUT2D eigenvalue weighted by Gasteiger charge is -2.06. The Morgan fingerprint density at radius 2 is 0.766 bits per heavy atom. The van der Waals surface area contributed by atoms with Gasteiger partial charge in [-0.3, -0.25) is 19.2 Å². The summed E-state index contributed by atoms with van der Waals surface area (Å²) < 4.78 is 12.3. The summed E-state index contributed by atoms with van der Waals surface area (Å²) in [6.07, 6.45) is 35.0. The van der Waals surface area contributed by atoms with Gasteiger partial charge in [0.05, 0.1) is 19.6 Å². The van der Waals surface area contributed by atoms with Gasteiger partial charge in [0, 0.05) is 19.3 Å². The summed E-state index contributed by atoms with van der Waals surface area (Å²) in [4.78, 5) is 42.4. The zero-order chi connectivity index (χ0) is 35.5. The molecule has 0 radical (unpaired) electrons. The highest BCUT2D eigenvalue weighted by Crippen LogP contribution is 2.14. The minimum absolute atomic E-state index is 0.0192. The van der Waals surface area contributed by atoms with Crippen molar-refractivity contribution in [2.24, 2.45) is 0 Å². The Morgan fingerprint density at radius 3 is 1.06 bits per heavy atom. The lowest BCUT2D eigenvalue weighted by Crippen LogP contribution is -2.16. The third-order valence-corrected chi connectivity index (χ3v) is 8.19. The van der Waals surface area contributed by atoms with Crippen LogP contribution < -0.4 is 4.72 Å². The number of ether oxygens (including phenoxy) is 2. The number of hydrogen-bond donors (Lipinski definition) is 3. The molecule has 1 amide bonds. The first-order chi connectivity index (χ1) is 22.9. The van der Waals surface area contributed by atoms with Gasteiger partial charge in [0.1, 0.15) is 0 Å². The molecule has 0 saturated heterocycles. The minimum Gasteiger partial charge on any atom is -0.483 e. The molecule has 0 heterocycles. The van der Waals surface area contributed by atoms with E-state index in [1.54, 1.807) is 0 Å². The fourth-order valence-electron chi connectivity index (χ4n) is 5.05. The van der Waals surface area contributed by atoms with Crippen molar-refractivity contribution in [2.45, 2.75) is 207 Å². The molecule has 0 aromatic rings. The second-order valence-electron chi connectivity index (χ2n) is 12.5. The molecular formula is C38H75NO7S. The van der Waals surface area contributed by atoms with Crippen LogP contribution in [0.25, 0.3) is 0 Å². The van der Waals surface area contributed by atoms with Crippen molar-refractivity contribution in [3.8, 4) is 0 Å². The number of carboxylic acid groups (broad SMARTS) is 1. The van der Waals surface area contributed by atoms with Crippen molar-refractivity contribution in [3.63, 3.8) is 0 Å². The molecule has 0 aromatic carbocycles. The molecule has 0 aliphatic rings. The molecule has 0 bridgehead atoms. The van der Waals surface area contributed by atoms with Crippen LogP contribution in [0.3, 0.4) is 0 Å². The Hall–Kier alpha value is -1.77. The molecular weight excluding hydrogens is 614 g/mol. The van der Waals surface area contributed by atoms with E-state index in [9.17, 15) is 14.4 Å². The number of amides is 1.